The van der Waals surface area contributed by atoms with Gasteiger partial charge >= 0.3 is 0 Å². The van der Waals surface area contributed by atoms with Crippen molar-refractivity contribution in [2.24, 2.45) is 4.99 Å². The number of carbonyl (C=O) groups is 1. The van der Waals surface area contributed by atoms with Gasteiger partial charge in [-0.25, -0.2) is 0 Å². The van der Waals surface area contributed by atoms with Crippen LogP contribution < -0.4 is 0 Å². The Balaban J connectivity index is 2.20. The van der Waals surface area contributed by atoms with Gasteiger partial charge in [0, 0.05) is 13.6 Å². The Kier molecular flexibility index (Phi) is 6.82. The van der Waals surface area contributed by atoms with Crippen molar-refractivity contribution in [3.63, 3.8) is 0 Å². The lowest BCUT2D eigenvalue weighted by molar-refractivity contribution is 0.0994. The van der Waals surface area contributed by atoms with E-state index in [2.05, 4.69) is 4.99 Å². The zero-order valence-corrected chi connectivity index (χ0v) is 14.7. The molecule has 0 aliphatic rings. The maximum Gasteiger partial charge on any atom is 0.295 e. The number of hydrogen-bond acceptors (Lipinski definition) is 2. The Morgan fingerprint density at radius 3 is 2.46 bits per heavy atom. The van der Waals surface area contributed by atoms with Crippen LogP contribution in [-0.4, -0.2) is 30.5 Å². The van der Waals surface area contributed by atoms with Gasteiger partial charge < -0.3 is 9.64 Å². The van der Waals surface area contributed by atoms with E-state index in [1.807, 2.05) is 49.2 Å². The van der Waals surface area contributed by atoms with Gasteiger partial charge in [0.25, 0.3) is 11.9 Å². The molecular formula is C19H21ClN2O2. The minimum Gasteiger partial charge on any atom is -0.465 e. The van der Waals surface area contributed by atoms with E-state index >= 15 is 0 Å². The molecule has 0 fully saturated rings. The van der Waals surface area contributed by atoms with E-state index in [9.17, 15) is 4.79 Å². The van der Waals surface area contributed by atoms with Crippen LogP contribution in [-0.2, 0) is 11.3 Å². The van der Waals surface area contributed by atoms with E-state index in [1.165, 1.54) is 0 Å². The first-order valence-electron chi connectivity index (χ1n) is 7.87. The summed E-state index contributed by atoms with van der Waals surface area (Å²) in [4.78, 5) is 18.4. The van der Waals surface area contributed by atoms with Gasteiger partial charge in [-0.15, -0.1) is 0 Å². The Hall–Kier alpha value is -2.33. The van der Waals surface area contributed by atoms with Crippen molar-refractivity contribution in [3.05, 3.63) is 70.7 Å². The molecule has 0 spiro atoms. The zero-order chi connectivity index (χ0) is 17.4. The summed E-state index contributed by atoms with van der Waals surface area (Å²) in [5.41, 5.74) is 1.47. The zero-order valence-electron chi connectivity index (χ0n) is 13.9. The highest BCUT2D eigenvalue weighted by Crippen LogP contribution is 2.16. The molecule has 0 aliphatic heterocycles. The van der Waals surface area contributed by atoms with Gasteiger partial charge in [-0.1, -0.05) is 61.0 Å². The summed E-state index contributed by atoms with van der Waals surface area (Å²) < 4.78 is 5.67. The second kappa shape index (κ2) is 9.08. The van der Waals surface area contributed by atoms with Gasteiger partial charge in [0.1, 0.15) is 0 Å². The summed E-state index contributed by atoms with van der Waals surface area (Å²) in [5, 5.41) is 0.381. The highest BCUT2D eigenvalue weighted by molar-refractivity contribution is 6.34. The number of rotatable bonds is 5. The van der Waals surface area contributed by atoms with Crippen LogP contribution in [0, 0.1) is 0 Å². The Bertz CT molecular complexity index is 702. The summed E-state index contributed by atoms with van der Waals surface area (Å²) in [5.74, 6) is -0.411. The van der Waals surface area contributed by atoms with E-state index in [1.54, 1.807) is 24.3 Å². The van der Waals surface area contributed by atoms with Crippen LogP contribution in [0.4, 0.5) is 0 Å². The number of aliphatic imine (C=N–C) groups is 1. The fraction of sp³-hybridized carbons (Fsp3) is 0.263. The highest BCUT2D eigenvalue weighted by atomic mass is 35.5. The number of carbonyl (C=O) groups excluding carboxylic acids is 1. The van der Waals surface area contributed by atoms with E-state index in [4.69, 9.17) is 16.3 Å². The average Bonchev–Trinajstić information content (AvgIpc) is 2.59. The molecule has 0 radical (unpaired) electrons. The van der Waals surface area contributed by atoms with Crippen molar-refractivity contribution < 1.29 is 9.53 Å². The maximum absolute atomic E-state index is 12.4. The first-order chi connectivity index (χ1) is 11.6. The van der Waals surface area contributed by atoms with Crippen molar-refractivity contribution >= 4 is 23.5 Å². The minimum absolute atomic E-state index is 0.297. The first kappa shape index (κ1) is 18.0. The van der Waals surface area contributed by atoms with E-state index in [0.717, 1.165) is 12.0 Å². The number of nitrogens with zero attached hydrogens (tertiary/aromatic N) is 2. The summed E-state index contributed by atoms with van der Waals surface area (Å²) in [7, 11) is 1.85. The molecule has 0 aromatic heterocycles. The number of ether oxygens (including phenoxy) is 1. The van der Waals surface area contributed by atoms with Crippen molar-refractivity contribution in [3.8, 4) is 0 Å². The van der Waals surface area contributed by atoms with Crippen LogP contribution in [0.25, 0.3) is 0 Å². The largest absolute Gasteiger partial charge is 0.465 e. The second-order valence-corrected chi connectivity index (χ2v) is 5.78. The normalized spacial score (nSPS) is 11.2. The molecule has 0 aliphatic carbocycles. The van der Waals surface area contributed by atoms with E-state index < -0.39 is 5.91 Å². The Morgan fingerprint density at radius 2 is 1.79 bits per heavy atom. The second-order valence-electron chi connectivity index (χ2n) is 5.37. The number of benzene rings is 2. The van der Waals surface area contributed by atoms with Gasteiger partial charge in [0.2, 0.25) is 0 Å². The number of amides is 1. The monoisotopic (exact) mass is 344 g/mol. The molecule has 5 heteroatoms. The SMILES string of the molecule is CCCOC(=NC(=O)c1ccccc1Cl)N(C)Cc1ccccc1. The first-order valence-corrected chi connectivity index (χ1v) is 8.25. The summed E-state index contributed by atoms with van der Waals surface area (Å²) in [6, 6.07) is 17.1. The number of hydrogen-bond donors (Lipinski definition) is 0. The van der Waals surface area contributed by atoms with Crippen molar-refractivity contribution in [2.75, 3.05) is 13.7 Å². The van der Waals surface area contributed by atoms with Gasteiger partial charge in [-0.2, -0.15) is 4.99 Å². The highest BCUT2D eigenvalue weighted by Gasteiger charge is 2.14. The molecule has 126 valence electrons. The Labute approximate surface area is 147 Å². The van der Waals surface area contributed by atoms with Crippen LogP contribution in [0.15, 0.2) is 59.6 Å². The predicted molar refractivity (Wildman–Crippen MR) is 97.4 cm³/mol. The molecule has 1 amide bonds. The molecule has 4 nitrogen and oxygen atoms in total. The third-order valence-corrected chi connectivity index (χ3v) is 3.66. The van der Waals surface area contributed by atoms with E-state index in [0.29, 0.717) is 29.8 Å². The van der Waals surface area contributed by atoms with Crippen LogP contribution in [0.2, 0.25) is 5.02 Å². The van der Waals surface area contributed by atoms with Crippen molar-refractivity contribution in [1.29, 1.82) is 0 Å². The molecule has 2 aromatic rings. The maximum atomic E-state index is 12.4. The molecule has 24 heavy (non-hydrogen) atoms. The topological polar surface area (TPSA) is 41.9 Å². The molecule has 0 saturated carbocycles. The fourth-order valence-electron chi connectivity index (χ4n) is 2.13. The van der Waals surface area contributed by atoms with Gasteiger partial charge in [0.05, 0.1) is 17.2 Å². The molecule has 2 aromatic carbocycles. The van der Waals surface area contributed by atoms with Crippen LogP contribution in [0.5, 0.6) is 0 Å². The minimum atomic E-state index is -0.411. The lowest BCUT2D eigenvalue weighted by Crippen LogP contribution is -2.30. The van der Waals surface area contributed by atoms with Crippen LogP contribution in [0.3, 0.4) is 0 Å². The number of amidine groups is 1. The molecule has 2 rings (SSSR count). The van der Waals surface area contributed by atoms with Crippen molar-refractivity contribution in [2.45, 2.75) is 19.9 Å². The average molecular weight is 345 g/mol. The molecule has 0 bridgehead atoms. The summed E-state index contributed by atoms with van der Waals surface area (Å²) >= 11 is 6.07. The molecule has 0 heterocycles. The van der Waals surface area contributed by atoms with Gasteiger partial charge in [-0.05, 0) is 24.1 Å². The summed E-state index contributed by atoms with van der Waals surface area (Å²) in [6.07, 6.45) is 0.832. The van der Waals surface area contributed by atoms with E-state index in [-0.39, 0.29) is 0 Å². The third-order valence-electron chi connectivity index (χ3n) is 3.33. The predicted octanol–water partition coefficient (Wildman–Crippen LogP) is 4.39. The van der Waals surface area contributed by atoms with Crippen LogP contribution in [0.1, 0.15) is 29.3 Å². The smallest absolute Gasteiger partial charge is 0.295 e. The lowest BCUT2D eigenvalue weighted by Gasteiger charge is -2.21. The molecule has 0 saturated heterocycles. The van der Waals surface area contributed by atoms with Gasteiger partial charge in [0.15, 0.2) is 0 Å². The standard InChI is InChI=1S/C19H21ClN2O2/c1-3-13-24-19(22(2)14-15-9-5-4-6-10-15)21-18(23)16-11-7-8-12-17(16)20/h4-12H,3,13-14H2,1-2H3. The molecule has 0 unspecified atom stereocenters. The quantitative estimate of drug-likeness (QED) is 0.596. The van der Waals surface area contributed by atoms with Gasteiger partial charge in [-0.3, -0.25) is 4.79 Å². The third kappa shape index (κ3) is 5.10. The molecular weight excluding hydrogens is 324 g/mol. The van der Waals surface area contributed by atoms with Crippen molar-refractivity contribution in [1.82, 2.24) is 4.90 Å². The summed E-state index contributed by atoms with van der Waals surface area (Å²) in [6.45, 7) is 3.09. The molecule has 0 N–H and O–H groups in total. The fourth-order valence-corrected chi connectivity index (χ4v) is 2.34. The number of halogens is 1. The molecule has 0 atom stereocenters. The van der Waals surface area contributed by atoms with Crippen LogP contribution >= 0.6 is 11.6 Å². The lowest BCUT2D eigenvalue weighted by atomic mass is 10.2. The Morgan fingerprint density at radius 1 is 1.12 bits per heavy atom.